The number of benzene rings is 2. The summed E-state index contributed by atoms with van der Waals surface area (Å²) in [6.07, 6.45) is 4.11. The van der Waals surface area contributed by atoms with Gasteiger partial charge in [-0.3, -0.25) is 0 Å². The number of halogens is 3. The lowest BCUT2D eigenvalue weighted by atomic mass is 9.86. The quantitative estimate of drug-likeness (QED) is 0.577. The smallest absolute Gasteiger partial charge is 0.272 e. The number of anilines is 1. The van der Waals surface area contributed by atoms with E-state index in [1.807, 2.05) is 23.0 Å². The van der Waals surface area contributed by atoms with E-state index in [9.17, 15) is 13.2 Å². The first-order valence-electron chi connectivity index (χ1n) is 9.61. The van der Waals surface area contributed by atoms with Crippen LogP contribution in [0, 0.1) is 5.82 Å². The Balaban J connectivity index is 1.44. The number of methoxy groups -OCH3 is 1. The molecule has 2 aromatic carbocycles. The highest BCUT2D eigenvalue weighted by Crippen LogP contribution is 2.41. The Morgan fingerprint density at radius 2 is 1.76 bits per heavy atom. The summed E-state index contributed by atoms with van der Waals surface area (Å²) in [5.41, 5.74) is 2.38. The van der Waals surface area contributed by atoms with E-state index in [-0.39, 0.29) is 12.4 Å². The molecule has 152 valence electrons. The van der Waals surface area contributed by atoms with Crippen LogP contribution < -0.4 is 9.64 Å². The van der Waals surface area contributed by atoms with Gasteiger partial charge in [0.15, 0.2) is 0 Å². The summed E-state index contributed by atoms with van der Waals surface area (Å²) in [5, 5.41) is 0. The number of ether oxygens (including phenoxy) is 1. The molecule has 1 aromatic heterocycles. The highest BCUT2D eigenvalue weighted by atomic mass is 19.3. The second kappa shape index (κ2) is 7.85. The lowest BCUT2D eigenvalue weighted by Gasteiger charge is -2.39. The molecule has 29 heavy (non-hydrogen) atoms. The van der Waals surface area contributed by atoms with Crippen LogP contribution in [0.1, 0.15) is 23.5 Å². The fourth-order valence-electron chi connectivity index (χ4n) is 3.92. The second-order valence-corrected chi connectivity index (χ2v) is 7.47. The minimum atomic E-state index is -2.83. The third-order valence-corrected chi connectivity index (χ3v) is 5.50. The zero-order valence-electron chi connectivity index (χ0n) is 16.2. The molecule has 1 saturated heterocycles. The Bertz CT molecular complexity index is 951. The first kappa shape index (κ1) is 19.4. The van der Waals surface area contributed by atoms with E-state index >= 15 is 0 Å². The number of hydrogen-bond donors (Lipinski definition) is 0. The van der Waals surface area contributed by atoms with Crippen LogP contribution in [0.4, 0.5) is 18.9 Å². The van der Waals surface area contributed by atoms with E-state index in [1.165, 1.54) is 12.1 Å². The normalized spacial score (nSPS) is 18.6. The Morgan fingerprint density at radius 3 is 2.41 bits per heavy atom. The SMILES string of the molecule is COc1ccc(C2CCN(c3ccn(Cc4ccc(F)cc4)c3)CC2(F)F)cc1. The molecule has 3 nitrogen and oxygen atoms in total. The molecule has 4 rings (SSSR count). The number of aromatic nitrogens is 1. The summed E-state index contributed by atoms with van der Waals surface area (Å²) in [6.45, 7) is 0.816. The van der Waals surface area contributed by atoms with E-state index < -0.39 is 11.8 Å². The molecule has 0 aliphatic carbocycles. The molecule has 1 unspecified atom stereocenters. The van der Waals surface area contributed by atoms with Gasteiger partial charge in [-0.2, -0.15) is 0 Å². The maximum atomic E-state index is 14.9. The predicted octanol–water partition coefficient (Wildman–Crippen LogP) is 5.31. The zero-order chi connectivity index (χ0) is 20.4. The maximum Gasteiger partial charge on any atom is 0.272 e. The Hall–Kier alpha value is -2.89. The van der Waals surface area contributed by atoms with Crippen molar-refractivity contribution in [2.45, 2.75) is 24.8 Å². The molecule has 1 fully saturated rings. The molecule has 0 amide bonds. The van der Waals surface area contributed by atoms with Crippen molar-refractivity contribution >= 4 is 5.69 Å². The molecule has 0 spiro atoms. The zero-order valence-corrected chi connectivity index (χ0v) is 16.2. The van der Waals surface area contributed by atoms with Crippen LogP contribution in [0.15, 0.2) is 67.0 Å². The van der Waals surface area contributed by atoms with E-state index in [1.54, 1.807) is 48.4 Å². The van der Waals surface area contributed by atoms with Crippen molar-refractivity contribution in [2.75, 3.05) is 25.1 Å². The first-order valence-corrected chi connectivity index (χ1v) is 9.61. The van der Waals surface area contributed by atoms with Gasteiger partial charge < -0.3 is 14.2 Å². The molecule has 2 heterocycles. The third kappa shape index (κ3) is 4.26. The van der Waals surface area contributed by atoms with E-state index in [4.69, 9.17) is 4.74 Å². The standard InChI is InChI=1S/C23H23F3N2O/c1-29-21-8-4-18(5-9-21)22-11-13-28(16-23(22,25)26)20-10-12-27(15-20)14-17-2-6-19(24)7-3-17/h2-10,12,15,22H,11,13-14,16H2,1H3. The predicted molar refractivity (Wildman–Crippen MR) is 107 cm³/mol. The molecular weight excluding hydrogens is 377 g/mol. The van der Waals surface area contributed by atoms with Crippen molar-refractivity contribution in [1.82, 2.24) is 4.57 Å². The largest absolute Gasteiger partial charge is 0.497 e. The van der Waals surface area contributed by atoms with Gasteiger partial charge in [-0.15, -0.1) is 0 Å². The maximum absolute atomic E-state index is 14.9. The fraction of sp³-hybridized carbons (Fsp3) is 0.304. The van der Waals surface area contributed by atoms with Crippen molar-refractivity contribution in [3.63, 3.8) is 0 Å². The molecule has 1 aliphatic rings. The lowest BCUT2D eigenvalue weighted by Crippen LogP contribution is -2.47. The molecule has 0 N–H and O–H groups in total. The van der Waals surface area contributed by atoms with Gasteiger partial charge in [0.2, 0.25) is 0 Å². The Kier molecular flexibility index (Phi) is 5.26. The summed E-state index contributed by atoms with van der Waals surface area (Å²) in [4.78, 5) is 1.74. The van der Waals surface area contributed by atoms with Gasteiger partial charge >= 0.3 is 0 Å². The van der Waals surface area contributed by atoms with Crippen LogP contribution in [-0.4, -0.2) is 30.7 Å². The van der Waals surface area contributed by atoms with Gasteiger partial charge in [0.05, 0.1) is 25.3 Å². The van der Waals surface area contributed by atoms with Crippen molar-refractivity contribution in [3.8, 4) is 5.75 Å². The van der Waals surface area contributed by atoms with Gasteiger partial charge in [-0.1, -0.05) is 24.3 Å². The van der Waals surface area contributed by atoms with Crippen molar-refractivity contribution in [3.05, 3.63) is 83.9 Å². The lowest BCUT2D eigenvalue weighted by molar-refractivity contribution is -0.0331. The average Bonchev–Trinajstić information content (AvgIpc) is 3.18. The second-order valence-electron chi connectivity index (χ2n) is 7.47. The molecule has 1 aliphatic heterocycles. The molecule has 0 saturated carbocycles. The van der Waals surface area contributed by atoms with Crippen LogP contribution in [0.3, 0.4) is 0 Å². The van der Waals surface area contributed by atoms with Crippen molar-refractivity contribution in [1.29, 1.82) is 0 Å². The summed E-state index contributed by atoms with van der Waals surface area (Å²) in [7, 11) is 1.56. The van der Waals surface area contributed by atoms with Crippen LogP contribution in [0.25, 0.3) is 0 Å². The van der Waals surface area contributed by atoms with Crippen molar-refractivity contribution in [2.24, 2.45) is 0 Å². The van der Waals surface area contributed by atoms with E-state index in [2.05, 4.69) is 0 Å². The number of rotatable bonds is 5. The molecule has 1 atom stereocenters. The van der Waals surface area contributed by atoms with Crippen LogP contribution >= 0.6 is 0 Å². The minimum Gasteiger partial charge on any atom is -0.497 e. The molecule has 6 heteroatoms. The summed E-state index contributed by atoms with van der Waals surface area (Å²) >= 11 is 0. The van der Waals surface area contributed by atoms with Gasteiger partial charge in [0, 0.05) is 25.5 Å². The minimum absolute atomic E-state index is 0.274. The summed E-state index contributed by atoms with van der Waals surface area (Å²) < 4.78 is 50.0. The topological polar surface area (TPSA) is 17.4 Å². The van der Waals surface area contributed by atoms with Gasteiger partial charge in [-0.25, -0.2) is 13.2 Å². The summed E-state index contributed by atoms with van der Waals surface area (Å²) in [6, 6.07) is 15.1. The molecule has 3 aromatic rings. The van der Waals surface area contributed by atoms with E-state index in [0.29, 0.717) is 30.8 Å². The Morgan fingerprint density at radius 1 is 1.03 bits per heavy atom. The highest BCUT2D eigenvalue weighted by Gasteiger charge is 2.45. The van der Waals surface area contributed by atoms with Gasteiger partial charge in [0.25, 0.3) is 5.92 Å². The molecular formula is C23H23F3N2O. The number of nitrogens with zero attached hydrogens (tertiary/aromatic N) is 2. The van der Waals surface area contributed by atoms with Crippen LogP contribution in [-0.2, 0) is 6.54 Å². The number of piperidine rings is 1. The Labute approximate surface area is 168 Å². The monoisotopic (exact) mass is 400 g/mol. The highest BCUT2D eigenvalue weighted by molar-refractivity contribution is 5.47. The van der Waals surface area contributed by atoms with Gasteiger partial charge in [-0.05, 0) is 47.9 Å². The first-order chi connectivity index (χ1) is 13.9. The molecule has 0 bridgehead atoms. The van der Waals surface area contributed by atoms with Crippen LogP contribution in [0.2, 0.25) is 0 Å². The number of alkyl halides is 2. The van der Waals surface area contributed by atoms with Gasteiger partial charge in [0.1, 0.15) is 11.6 Å². The third-order valence-electron chi connectivity index (χ3n) is 5.50. The number of hydrogen-bond acceptors (Lipinski definition) is 2. The van der Waals surface area contributed by atoms with E-state index in [0.717, 1.165) is 11.3 Å². The van der Waals surface area contributed by atoms with Crippen LogP contribution in [0.5, 0.6) is 5.75 Å². The fourth-order valence-corrected chi connectivity index (χ4v) is 3.92. The summed E-state index contributed by atoms with van der Waals surface area (Å²) in [5.74, 6) is -3.24. The molecule has 0 radical (unpaired) electrons. The van der Waals surface area contributed by atoms with Crippen molar-refractivity contribution < 1.29 is 17.9 Å². The average molecular weight is 400 g/mol.